The molecule has 0 bridgehead atoms. The molecular formula is C8H13N5OS. The molecule has 1 aromatic heterocycles. The SMILES string of the molecule is Nc1cc(N2CCSCC2)nc(N)[n+]1[O-]. The average molecular weight is 227 g/mol. The van der Waals surface area contributed by atoms with Crippen molar-refractivity contribution in [3.63, 3.8) is 0 Å². The monoisotopic (exact) mass is 227 g/mol. The maximum Gasteiger partial charge on any atom is 0.346 e. The van der Waals surface area contributed by atoms with E-state index in [1.807, 2.05) is 11.8 Å². The van der Waals surface area contributed by atoms with Crippen LogP contribution in [0.5, 0.6) is 0 Å². The van der Waals surface area contributed by atoms with Gasteiger partial charge in [-0.2, -0.15) is 11.8 Å². The number of anilines is 3. The van der Waals surface area contributed by atoms with Crippen LogP contribution >= 0.6 is 11.8 Å². The molecule has 2 heterocycles. The fourth-order valence-corrected chi connectivity index (χ4v) is 2.38. The quantitative estimate of drug-likeness (QED) is 0.493. The Hall–Kier alpha value is -1.37. The second-order valence-electron chi connectivity index (χ2n) is 3.29. The van der Waals surface area contributed by atoms with E-state index in [1.54, 1.807) is 6.07 Å². The van der Waals surface area contributed by atoms with E-state index in [1.165, 1.54) is 0 Å². The van der Waals surface area contributed by atoms with E-state index in [-0.39, 0.29) is 11.8 Å². The molecule has 0 aliphatic carbocycles. The lowest BCUT2D eigenvalue weighted by Gasteiger charge is -2.26. The summed E-state index contributed by atoms with van der Waals surface area (Å²) in [5, 5.41) is 11.2. The summed E-state index contributed by atoms with van der Waals surface area (Å²) < 4.78 is 0.433. The number of hydrogen-bond donors (Lipinski definition) is 2. The van der Waals surface area contributed by atoms with Gasteiger partial charge in [0.25, 0.3) is 0 Å². The fourth-order valence-electron chi connectivity index (χ4n) is 1.47. The summed E-state index contributed by atoms with van der Waals surface area (Å²) in [5.41, 5.74) is 11.0. The van der Waals surface area contributed by atoms with Crippen LogP contribution in [0.25, 0.3) is 0 Å². The zero-order chi connectivity index (χ0) is 10.8. The normalized spacial score (nSPS) is 16.7. The molecule has 15 heavy (non-hydrogen) atoms. The van der Waals surface area contributed by atoms with Gasteiger partial charge >= 0.3 is 5.95 Å². The highest BCUT2D eigenvalue weighted by Crippen LogP contribution is 2.18. The van der Waals surface area contributed by atoms with E-state index in [2.05, 4.69) is 9.88 Å². The molecule has 1 aromatic rings. The van der Waals surface area contributed by atoms with Gasteiger partial charge in [-0.25, -0.2) is 4.73 Å². The molecule has 0 spiro atoms. The van der Waals surface area contributed by atoms with E-state index < -0.39 is 0 Å². The number of nitrogens with two attached hydrogens (primary N) is 2. The Morgan fingerprint density at radius 1 is 1.40 bits per heavy atom. The number of nitrogens with zero attached hydrogens (tertiary/aromatic N) is 3. The molecule has 1 saturated heterocycles. The maximum absolute atomic E-state index is 11.2. The lowest BCUT2D eigenvalue weighted by Crippen LogP contribution is -2.38. The first-order chi connectivity index (χ1) is 7.18. The fraction of sp³-hybridized carbons (Fsp3) is 0.500. The first-order valence-electron chi connectivity index (χ1n) is 4.67. The zero-order valence-corrected chi connectivity index (χ0v) is 9.04. The first-order valence-corrected chi connectivity index (χ1v) is 5.82. The molecule has 0 amide bonds. The number of thioether (sulfide) groups is 1. The number of hydrogen-bond acceptors (Lipinski definition) is 6. The Bertz CT molecular complexity index is 343. The van der Waals surface area contributed by atoms with E-state index in [9.17, 15) is 5.21 Å². The molecule has 7 heteroatoms. The summed E-state index contributed by atoms with van der Waals surface area (Å²) in [7, 11) is 0. The Kier molecular flexibility index (Phi) is 2.72. The predicted molar refractivity (Wildman–Crippen MR) is 61.6 cm³/mol. The minimum absolute atomic E-state index is 0.0933. The van der Waals surface area contributed by atoms with Crippen molar-refractivity contribution in [2.45, 2.75) is 0 Å². The molecule has 1 fully saturated rings. The highest BCUT2D eigenvalue weighted by molar-refractivity contribution is 7.99. The van der Waals surface area contributed by atoms with Gasteiger partial charge in [0, 0.05) is 24.6 Å². The van der Waals surface area contributed by atoms with Crippen molar-refractivity contribution < 1.29 is 4.73 Å². The van der Waals surface area contributed by atoms with E-state index in [0.29, 0.717) is 10.5 Å². The van der Waals surface area contributed by atoms with Crippen LogP contribution in [-0.2, 0) is 0 Å². The lowest BCUT2D eigenvalue weighted by molar-refractivity contribution is -0.576. The van der Waals surface area contributed by atoms with Crippen LogP contribution in [-0.4, -0.2) is 29.6 Å². The standard InChI is InChI=1S/C8H13N5OS/c9-6-5-7(11-8(10)13(6)14)12-1-3-15-4-2-12/h5H,1-4,9H2,(H2,10,11). The second-order valence-corrected chi connectivity index (χ2v) is 4.52. The lowest BCUT2D eigenvalue weighted by atomic mass is 10.4. The van der Waals surface area contributed by atoms with Crippen LogP contribution in [0.2, 0.25) is 0 Å². The molecule has 0 unspecified atom stereocenters. The Morgan fingerprint density at radius 2 is 2.07 bits per heavy atom. The van der Waals surface area contributed by atoms with Crippen molar-refractivity contribution in [3.8, 4) is 0 Å². The van der Waals surface area contributed by atoms with Crippen molar-refractivity contribution >= 4 is 29.3 Å². The Labute approximate surface area is 91.8 Å². The average Bonchev–Trinajstić information content (AvgIpc) is 2.26. The molecule has 2 rings (SSSR count). The topological polar surface area (TPSA) is 95.1 Å². The van der Waals surface area contributed by atoms with Crippen LogP contribution in [0.15, 0.2) is 6.07 Å². The molecule has 6 nitrogen and oxygen atoms in total. The van der Waals surface area contributed by atoms with Gasteiger partial charge in [-0.15, -0.1) is 0 Å². The highest BCUT2D eigenvalue weighted by Gasteiger charge is 2.17. The molecule has 0 atom stereocenters. The van der Waals surface area contributed by atoms with Gasteiger partial charge in [0.05, 0.1) is 6.07 Å². The van der Waals surface area contributed by atoms with Gasteiger partial charge in [0.1, 0.15) is 0 Å². The van der Waals surface area contributed by atoms with Gasteiger partial charge in [0.15, 0.2) is 11.6 Å². The van der Waals surface area contributed by atoms with Crippen molar-refractivity contribution in [3.05, 3.63) is 11.3 Å². The Morgan fingerprint density at radius 3 is 2.67 bits per heavy atom. The predicted octanol–water partition coefficient (Wildman–Crippen LogP) is -0.567. The summed E-state index contributed by atoms with van der Waals surface area (Å²) in [6, 6.07) is 1.57. The van der Waals surface area contributed by atoms with Crippen molar-refractivity contribution in [2.24, 2.45) is 0 Å². The van der Waals surface area contributed by atoms with E-state index in [4.69, 9.17) is 11.5 Å². The van der Waals surface area contributed by atoms with E-state index >= 15 is 0 Å². The molecule has 0 aromatic carbocycles. The summed E-state index contributed by atoms with van der Waals surface area (Å²) in [5.74, 6) is 2.82. The second kappa shape index (κ2) is 4.01. The van der Waals surface area contributed by atoms with Crippen LogP contribution < -0.4 is 21.1 Å². The highest BCUT2D eigenvalue weighted by atomic mass is 32.2. The van der Waals surface area contributed by atoms with Crippen LogP contribution in [0.4, 0.5) is 17.6 Å². The molecule has 0 radical (unpaired) electrons. The molecule has 1 aliphatic heterocycles. The minimum atomic E-state index is -0.0942. The zero-order valence-electron chi connectivity index (χ0n) is 8.22. The summed E-state index contributed by atoms with van der Waals surface area (Å²) >= 11 is 1.91. The summed E-state index contributed by atoms with van der Waals surface area (Å²) in [6.07, 6.45) is 0. The molecular weight excluding hydrogens is 214 g/mol. The van der Waals surface area contributed by atoms with Gasteiger partial charge in [-0.1, -0.05) is 4.98 Å². The maximum atomic E-state index is 11.2. The van der Waals surface area contributed by atoms with Crippen LogP contribution in [0, 0.1) is 5.21 Å². The molecule has 0 saturated carbocycles. The van der Waals surface area contributed by atoms with Crippen LogP contribution in [0.1, 0.15) is 0 Å². The van der Waals surface area contributed by atoms with Gasteiger partial charge in [0.2, 0.25) is 0 Å². The third-order valence-electron chi connectivity index (χ3n) is 2.28. The largest absolute Gasteiger partial charge is 0.754 e. The smallest absolute Gasteiger partial charge is 0.346 e. The van der Waals surface area contributed by atoms with Gasteiger partial charge in [-0.3, -0.25) is 0 Å². The van der Waals surface area contributed by atoms with Crippen molar-refractivity contribution in [1.29, 1.82) is 0 Å². The number of aromatic nitrogens is 2. The van der Waals surface area contributed by atoms with Crippen molar-refractivity contribution in [1.82, 2.24) is 4.98 Å². The van der Waals surface area contributed by atoms with Crippen LogP contribution in [0.3, 0.4) is 0 Å². The molecule has 1 aliphatic rings. The first kappa shape index (κ1) is 10.2. The summed E-state index contributed by atoms with van der Waals surface area (Å²) in [6.45, 7) is 1.83. The molecule has 82 valence electrons. The number of nitrogen functional groups attached to an aromatic ring is 2. The summed E-state index contributed by atoms with van der Waals surface area (Å²) in [4.78, 5) is 6.11. The Balaban J connectivity index is 2.27. The van der Waals surface area contributed by atoms with E-state index in [0.717, 1.165) is 24.6 Å². The third kappa shape index (κ3) is 2.01. The molecule has 4 N–H and O–H groups in total. The third-order valence-corrected chi connectivity index (χ3v) is 3.23. The van der Waals surface area contributed by atoms with Gasteiger partial charge < -0.3 is 21.6 Å². The number of rotatable bonds is 1. The van der Waals surface area contributed by atoms with Crippen molar-refractivity contribution in [2.75, 3.05) is 41.0 Å². The van der Waals surface area contributed by atoms with Gasteiger partial charge in [-0.05, 0) is 0 Å². The minimum Gasteiger partial charge on any atom is -0.754 e.